The Hall–Kier alpha value is 0.310. The van der Waals surface area contributed by atoms with E-state index in [0.717, 1.165) is 0 Å². The zero-order chi connectivity index (χ0) is 19.5. The molecular formula is C12H12F6Hg2O6. The molecule has 14 heteroatoms. The molecule has 1 aliphatic carbocycles. The minimum atomic E-state index is -5.03. The van der Waals surface area contributed by atoms with E-state index in [1.54, 1.807) is 0 Å². The molecule has 2 rings (SSSR count). The van der Waals surface area contributed by atoms with Crippen molar-refractivity contribution in [3.8, 4) is 0 Å². The van der Waals surface area contributed by atoms with Gasteiger partial charge in [0.05, 0.1) is 0 Å². The Morgan fingerprint density at radius 1 is 0.808 bits per heavy atom. The molecule has 1 aliphatic heterocycles. The van der Waals surface area contributed by atoms with Gasteiger partial charge in [0.2, 0.25) is 0 Å². The van der Waals surface area contributed by atoms with Crippen LogP contribution in [0.2, 0.25) is 6.85 Å². The molecule has 26 heavy (non-hydrogen) atoms. The number of halogens is 6. The molecule has 1 saturated heterocycles. The first-order valence-electron chi connectivity index (χ1n) is 7.78. The number of fused-ring (bicyclic) bond motifs is 2. The summed E-state index contributed by atoms with van der Waals surface area (Å²) in [5.41, 5.74) is 0. The monoisotopic (exact) mass is 770 g/mol. The molecule has 2 fully saturated rings. The van der Waals surface area contributed by atoms with Crippen LogP contribution in [0.4, 0.5) is 26.3 Å². The number of hydrogen-bond donors (Lipinski definition) is 0. The Labute approximate surface area is 169 Å². The van der Waals surface area contributed by atoms with E-state index in [9.17, 15) is 35.9 Å². The average Bonchev–Trinajstić information content (AvgIpc) is 3.00. The van der Waals surface area contributed by atoms with Crippen molar-refractivity contribution >= 4 is 11.9 Å². The van der Waals surface area contributed by atoms with Crippen molar-refractivity contribution in [2.24, 2.45) is 0 Å². The van der Waals surface area contributed by atoms with Gasteiger partial charge in [-0.25, -0.2) is 0 Å². The molecule has 0 amide bonds. The molecule has 1 heterocycles. The Balaban J connectivity index is 1.86. The third-order valence-corrected chi connectivity index (χ3v) is 18.2. The van der Waals surface area contributed by atoms with Crippen LogP contribution in [0.25, 0.3) is 0 Å². The predicted molar refractivity (Wildman–Crippen MR) is 60.0 cm³/mol. The summed E-state index contributed by atoms with van der Waals surface area (Å²) in [5.74, 6) is -4.38. The summed E-state index contributed by atoms with van der Waals surface area (Å²) in [6.45, 7) is 0. The van der Waals surface area contributed by atoms with Crippen molar-refractivity contribution in [1.29, 1.82) is 0 Å². The summed E-state index contributed by atoms with van der Waals surface area (Å²) in [5, 5.41) is 0. The van der Waals surface area contributed by atoms with E-state index >= 15 is 0 Å². The van der Waals surface area contributed by atoms with Gasteiger partial charge in [0.25, 0.3) is 0 Å². The van der Waals surface area contributed by atoms with Gasteiger partial charge in [-0.15, -0.1) is 0 Å². The number of hydrogen-bond acceptors (Lipinski definition) is 6. The SMILES string of the molecule is O=C([O][Hg][CH]1CCC[CH]([Hg][O]C(=O)C(F)(F)F)[C@H]2C[C@@H]1OO2)C(F)(F)F. The summed E-state index contributed by atoms with van der Waals surface area (Å²) < 4.78 is 81.6. The van der Waals surface area contributed by atoms with E-state index in [0.29, 0.717) is 25.7 Å². The van der Waals surface area contributed by atoms with Gasteiger partial charge in [-0.2, -0.15) is 0 Å². The first-order chi connectivity index (χ1) is 12.0. The van der Waals surface area contributed by atoms with Gasteiger partial charge in [-0.3, -0.25) is 0 Å². The van der Waals surface area contributed by atoms with Crippen LogP contribution in [0.1, 0.15) is 25.7 Å². The fraction of sp³-hybridized carbons (Fsp3) is 0.833. The van der Waals surface area contributed by atoms with Crippen LogP contribution in [0, 0.1) is 0 Å². The molecule has 0 radical (unpaired) electrons. The molecule has 6 nitrogen and oxygen atoms in total. The Morgan fingerprint density at radius 3 is 1.54 bits per heavy atom. The maximum atomic E-state index is 12.2. The van der Waals surface area contributed by atoms with E-state index in [1.165, 1.54) is 0 Å². The third-order valence-electron chi connectivity index (χ3n) is 4.29. The average molecular weight is 767 g/mol. The second kappa shape index (κ2) is 9.21. The van der Waals surface area contributed by atoms with E-state index in [2.05, 4.69) is 5.29 Å². The minimum absolute atomic E-state index is 0.290. The molecule has 2 unspecified atom stereocenters. The van der Waals surface area contributed by atoms with Crippen LogP contribution in [0.3, 0.4) is 0 Å². The summed E-state index contributed by atoms with van der Waals surface area (Å²) >= 11 is -5.43. The van der Waals surface area contributed by atoms with Gasteiger partial charge in [0.15, 0.2) is 0 Å². The van der Waals surface area contributed by atoms with Gasteiger partial charge in [0, 0.05) is 0 Å². The van der Waals surface area contributed by atoms with Gasteiger partial charge in [0.1, 0.15) is 0 Å². The van der Waals surface area contributed by atoms with E-state index in [-0.39, 0.29) is 6.85 Å². The Morgan fingerprint density at radius 2 is 1.19 bits per heavy atom. The summed E-state index contributed by atoms with van der Waals surface area (Å²) in [4.78, 5) is 32.0. The number of rotatable bonds is 4. The van der Waals surface area contributed by atoms with Gasteiger partial charge >= 0.3 is 170 Å². The van der Waals surface area contributed by atoms with Crippen molar-refractivity contribution in [3.05, 3.63) is 0 Å². The molecule has 4 atom stereocenters. The van der Waals surface area contributed by atoms with Crippen molar-refractivity contribution in [3.63, 3.8) is 0 Å². The second-order valence-electron chi connectivity index (χ2n) is 6.15. The van der Waals surface area contributed by atoms with Crippen molar-refractivity contribution in [2.75, 3.05) is 0 Å². The Bertz CT molecular complexity index is 483. The second-order valence-corrected chi connectivity index (χ2v) is 19.1. The molecule has 0 aromatic heterocycles. The zero-order valence-electron chi connectivity index (χ0n) is 13.3. The first kappa shape index (κ1) is 22.6. The van der Waals surface area contributed by atoms with E-state index < -0.39 is 86.6 Å². The van der Waals surface area contributed by atoms with Gasteiger partial charge in [-0.05, 0) is 0 Å². The topological polar surface area (TPSA) is 71.1 Å². The van der Waals surface area contributed by atoms with Crippen LogP contribution in [0.5, 0.6) is 0 Å². The molecule has 142 valence electrons. The van der Waals surface area contributed by atoms with Gasteiger partial charge < -0.3 is 0 Å². The molecular weight excluding hydrogens is 755 g/mol. The van der Waals surface area contributed by atoms with Crippen LogP contribution < -0.4 is 0 Å². The fourth-order valence-corrected chi connectivity index (χ4v) is 14.3. The zero-order valence-corrected chi connectivity index (χ0v) is 24.3. The van der Waals surface area contributed by atoms with Crippen LogP contribution in [-0.2, 0) is 74.7 Å². The van der Waals surface area contributed by atoms with Crippen LogP contribution in [0.15, 0.2) is 0 Å². The van der Waals surface area contributed by atoms with Crippen LogP contribution >= 0.6 is 0 Å². The van der Waals surface area contributed by atoms with Gasteiger partial charge in [-0.1, -0.05) is 0 Å². The molecule has 2 bridgehead atoms. The number of alkyl halides is 6. The molecule has 0 spiro atoms. The molecule has 0 N–H and O–H groups in total. The maximum absolute atomic E-state index is 12.2. The fourth-order valence-electron chi connectivity index (χ4n) is 2.92. The van der Waals surface area contributed by atoms with Crippen LogP contribution in [-0.4, -0.2) is 36.5 Å². The molecule has 2 aliphatic rings. The standard InChI is InChI=1S/C8H12O2.2C2HF3O2.2Hg/c1-2-4-7-6-8(5-3-1)10-9-7;2*3-2(4,5)1(6)7;;/h4-5,7-8H,1-3,6H2;2*(H,6,7);;/q;;;2*+1/p-2/t7-,8+;;;;. The number of carbonyl (C=O) groups excluding carboxylic acids is 2. The molecule has 1 saturated carbocycles. The van der Waals surface area contributed by atoms with Crippen molar-refractivity contribution in [1.82, 2.24) is 0 Å². The van der Waals surface area contributed by atoms with Crippen molar-refractivity contribution in [2.45, 2.75) is 57.1 Å². The summed E-state index contributed by atoms with van der Waals surface area (Å²) in [6.07, 6.45) is -9.41. The summed E-state index contributed by atoms with van der Waals surface area (Å²) in [7, 11) is 0. The first-order valence-corrected chi connectivity index (χ1v) is 18.6. The Kier molecular flexibility index (Phi) is 8.00. The van der Waals surface area contributed by atoms with E-state index in [1.807, 2.05) is 0 Å². The molecule has 0 aromatic carbocycles. The third kappa shape index (κ3) is 6.43. The van der Waals surface area contributed by atoms with Crippen molar-refractivity contribution < 1.29 is 101 Å². The number of carbonyl (C=O) groups is 2. The quantitative estimate of drug-likeness (QED) is 0.249. The van der Waals surface area contributed by atoms with E-state index in [4.69, 9.17) is 9.78 Å². The predicted octanol–water partition coefficient (Wildman–Crippen LogP) is 3.04. The summed E-state index contributed by atoms with van der Waals surface area (Å²) in [6, 6.07) is 0. The normalized spacial score (nSPS) is 29.0. The molecule has 0 aromatic rings.